The van der Waals surface area contributed by atoms with E-state index in [1.165, 1.54) is 0 Å². The van der Waals surface area contributed by atoms with Gasteiger partial charge in [0.05, 0.1) is 22.0 Å². The molecule has 1 fully saturated rings. The Balaban J connectivity index is 1.73. The van der Waals surface area contributed by atoms with E-state index in [9.17, 15) is 18.0 Å². The maximum absolute atomic E-state index is 12.8. The summed E-state index contributed by atoms with van der Waals surface area (Å²) in [5.74, 6) is -1.43. The Labute approximate surface area is 162 Å². The summed E-state index contributed by atoms with van der Waals surface area (Å²) < 4.78 is 45.2. The quantitative estimate of drug-likeness (QED) is 0.585. The van der Waals surface area contributed by atoms with Crippen LogP contribution < -0.4 is 4.74 Å². The number of benzene rings is 2. The third-order valence-electron chi connectivity index (χ3n) is 4.77. The summed E-state index contributed by atoms with van der Waals surface area (Å²) in [5, 5.41) is 10.8. The van der Waals surface area contributed by atoms with Crippen molar-refractivity contribution in [3.8, 4) is 5.75 Å². The van der Waals surface area contributed by atoms with Crippen LogP contribution in [0.5, 0.6) is 5.75 Å². The van der Waals surface area contributed by atoms with Gasteiger partial charge in [0, 0.05) is 0 Å². The highest BCUT2D eigenvalue weighted by Gasteiger charge is 2.41. The number of halogens is 4. The maximum Gasteiger partial charge on any atom is 0.391 e. The Morgan fingerprint density at radius 1 is 1.15 bits per heavy atom. The number of carboxylic acid groups (broad SMARTS) is 1. The minimum atomic E-state index is -4.12. The van der Waals surface area contributed by atoms with E-state index >= 15 is 0 Å². The van der Waals surface area contributed by atoms with Crippen molar-refractivity contribution in [2.24, 2.45) is 5.92 Å². The van der Waals surface area contributed by atoms with E-state index in [-0.39, 0.29) is 25.4 Å². The summed E-state index contributed by atoms with van der Waals surface area (Å²) in [6.07, 6.45) is -3.34. The molecule has 0 aliphatic heterocycles. The fourth-order valence-electron chi connectivity index (χ4n) is 3.38. The van der Waals surface area contributed by atoms with E-state index in [0.29, 0.717) is 18.6 Å². The average Bonchev–Trinajstić information content (AvgIpc) is 2.56. The van der Waals surface area contributed by atoms with E-state index in [1.807, 2.05) is 24.3 Å². The standard InChI is InChI=1S/C19H18F3IO3/c20-19(21,22)13-3-5-14(6-4-13)26-16-8-2-12-9-11(10-17(24)25)1-7-15(12)18(16)23/h1-2,7-9,13-14H,3-6,10H2,(H,24,25)/t13-,14+. The first-order valence-corrected chi connectivity index (χ1v) is 9.48. The minimum Gasteiger partial charge on any atom is -0.489 e. The molecule has 26 heavy (non-hydrogen) atoms. The predicted octanol–water partition coefficient (Wildman–Crippen LogP) is 5.57. The molecular weight excluding hydrogens is 460 g/mol. The Kier molecular flexibility index (Phi) is 5.64. The van der Waals surface area contributed by atoms with Crippen molar-refractivity contribution in [2.45, 2.75) is 44.4 Å². The van der Waals surface area contributed by atoms with Crippen LogP contribution in [0.1, 0.15) is 31.2 Å². The van der Waals surface area contributed by atoms with Crippen LogP contribution in [0, 0.1) is 9.49 Å². The Morgan fingerprint density at radius 3 is 2.46 bits per heavy atom. The second-order valence-corrected chi connectivity index (χ2v) is 7.72. The highest BCUT2D eigenvalue weighted by molar-refractivity contribution is 14.1. The fraction of sp³-hybridized carbons (Fsp3) is 0.421. The molecule has 140 valence electrons. The molecule has 0 amide bonds. The molecule has 2 aromatic carbocycles. The summed E-state index contributed by atoms with van der Waals surface area (Å²) in [5.41, 5.74) is 0.722. The monoisotopic (exact) mass is 478 g/mol. The molecule has 0 aromatic heterocycles. The number of ether oxygens (including phenoxy) is 1. The Morgan fingerprint density at radius 2 is 1.85 bits per heavy atom. The van der Waals surface area contributed by atoms with Crippen molar-refractivity contribution in [3.05, 3.63) is 39.5 Å². The van der Waals surface area contributed by atoms with Gasteiger partial charge in [0.15, 0.2) is 0 Å². The van der Waals surface area contributed by atoms with Crippen LogP contribution in [0.3, 0.4) is 0 Å². The number of alkyl halides is 3. The summed E-state index contributed by atoms with van der Waals surface area (Å²) in [4.78, 5) is 10.8. The van der Waals surface area contributed by atoms with Crippen molar-refractivity contribution in [1.82, 2.24) is 0 Å². The molecule has 0 heterocycles. The predicted molar refractivity (Wildman–Crippen MR) is 100 cm³/mol. The van der Waals surface area contributed by atoms with Gasteiger partial charge >= 0.3 is 12.1 Å². The van der Waals surface area contributed by atoms with Crippen LogP contribution in [0.4, 0.5) is 13.2 Å². The van der Waals surface area contributed by atoms with Gasteiger partial charge in [0.2, 0.25) is 0 Å². The van der Waals surface area contributed by atoms with Crippen molar-refractivity contribution >= 4 is 39.3 Å². The Hall–Kier alpha value is -1.51. The molecule has 0 spiro atoms. The normalized spacial score (nSPS) is 20.9. The lowest BCUT2D eigenvalue weighted by atomic mass is 9.87. The lowest BCUT2D eigenvalue weighted by Crippen LogP contribution is -2.32. The van der Waals surface area contributed by atoms with Crippen LogP contribution in [0.15, 0.2) is 30.3 Å². The van der Waals surface area contributed by atoms with Crippen molar-refractivity contribution in [3.63, 3.8) is 0 Å². The zero-order valence-electron chi connectivity index (χ0n) is 13.9. The van der Waals surface area contributed by atoms with E-state index in [0.717, 1.165) is 19.9 Å². The number of carbonyl (C=O) groups is 1. The zero-order valence-corrected chi connectivity index (χ0v) is 16.0. The second kappa shape index (κ2) is 7.62. The average molecular weight is 478 g/mol. The third kappa shape index (κ3) is 4.42. The lowest BCUT2D eigenvalue weighted by molar-refractivity contribution is -0.185. The van der Waals surface area contributed by atoms with Gasteiger partial charge in [0.1, 0.15) is 5.75 Å². The first-order valence-electron chi connectivity index (χ1n) is 8.40. The smallest absolute Gasteiger partial charge is 0.391 e. The summed E-state index contributed by atoms with van der Waals surface area (Å²) in [7, 11) is 0. The molecule has 3 nitrogen and oxygen atoms in total. The van der Waals surface area contributed by atoms with Crippen LogP contribution in [0.2, 0.25) is 0 Å². The molecule has 0 bridgehead atoms. The van der Waals surface area contributed by atoms with Gasteiger partial charge in [-0.3, -0.25) is 4.79 Å². The third-order valence-corrected chi connectivity index (χ3v) is 5.88. The summed E-state index contributed by atoms with van der Waals surface area (Å²) in [6.45, 7) is 0. The summed E-state index contributed by atoms with van der Waals surface area (Å²) in [6, 6.07) is 9.15. The fourth-order valence-corrected chi connectivity index (χ4v) is 4.18. The number of carboxylic acids is 1. The first kappa shape index (κ1) is 19.3. The van der Waals surface area contributed by atoms with Crippen LogP contribution in [-0.2, 0) is 11.2 Å². The van der Waals surface area contributed by atoms with Gasteiger partial charge in [-0.25, -0.2) is 0 Å². The van der Waals surface area contributed by atoms with Crippen molar-refractivity contribution < 1.29 is 27.8 Å². The molecule has 1 saturated carbocycles. The van der Waals surface area contributed by atoms with E-state index in [1.54, 1.807) is 6.07 Å². The van der Waals surface area contributed by atoms with Crippen molar-refractivity contribution in [2.75, 3.05) is 0 Å². The minimum absolute atomic E-state index is 0.0345. The molecule has 1 aliphatic carbocycles. The zero-order chi connectivity index (χ0) is 18.9. The number of aliphatic carboxylic acids is 1. The highest BCUT2D eigenvalue weighted by atomic mass is 127. The Bertz CT molecular complexity index is 812. The highest BCUT2D eigenvalue weighted by Crippen LogP contribution is 2.39. The lowest BCUT2D eigenvalue weighted by Gasteiger charge is -2.30. The van der Waals surface area contributed by atoms with Gasteiger partial charge in [-0.05, 0) is 70.7 Å². The van der Waals surface area contributed by atoms with Gasteiger partial charge in [-0.1, -0.05) is 24.3 Å². The molecule has 1 N–H and O–H groups in total. The van der Waals surface area contributed by atoms with Gasteiger partial charge in [-0.2, -0.15) is 13.2 Å². The molecular formula is C19H18F3IO3. The number of hydrogen-bond donors (Lipinski definition) is 1. The molecule has 2 aromatic rings. The van der Waals surface area contributed by atoms with Gasteiger partial charge in [0.25, 0.3) is 0 Å². The van der Waals surface area contributed by atoms with Gasteiger partial charge < -0.3 is 9.84 Å². The van der Waals surface area contributed by atoms with Crippen LogP contribution in [-0.4, -0.2) is 23.4 Å². The van der Waals surface area contributed by atoms with E-state index in [4.69, 9.17) is 9.84 Å². The van der Waals surface area contributed by atoms with Crippen molar-refractivity contribution in [1.29, 1.82) is 0 Å². The van der Waals surface area contributed by atoms with E-state index in [2.05, 4.69) is 22.6 Å². The topological polar surface area (TPSA) is 46.5 Å². The molecule has 0 unspecified atom stereocenters. The van der Waals surface area contributed by atoms with Crippen LogP contribution >= 0.6 is 22.6 Å². The number of hydrogen-bond acceptors (Lipinski definition) is 2. The maximum atomic E-state index is 12.8. The second-order valence-electron chi connectivity index (χ2n) is 6.64. The SMILES string of the molecule is O=C(O)Cc1ccc2c(I)c(O[C@H]3CC[C@@H](C(F)(F)F)CC3)ccc2c1. The summed E-state index contributed by atoms with van der Waals surface area (Å²) >= 11 is 2.17. The largest absolute Gasteiger partial charge is 0.489 e. The number of rotatable bonds is 4. The molecule has 0 radical (unpaired) electrons. The van der Waals surface area contributed by atoms with E-state index < -0.39 is 18.1 Å². The molecule has 0 saturated heterocycles. The number of fused-ring (bicyclic) bond motifs is 1. The van der Waals surface area contributed by atoms with Crippen LogP contribution in [0.25, 0.3) is 10.8 Å². The molecule has 0 atom stereocenters. The first-order chi connectivity index (χ1) is 12.2. The van der Waals surface area contributed by atoms with Gasteiger partial charge in [-0.15, -0.1) is 0 Å². The molecule has 7 heteroatoms. The molecule has 3 rings (SSSR count). The molecule has 1 aliphatic rings.